The SMILES string of the molecule is CN(C)c1ncc(-c2cnn(C)c2)c(C2CCN(C(=O)CCOc3cccc(F)c3)C2)n1. The van der Waals surface area contributed by atoms with Crippen LogP contribution in [0.3, 0.4) is 0 Å². The molecule has 9 heteroatoms. The molecule has 1 aliphatic rings. The Hall–Kier alpha value is -3.49. The van der Waals surface area contributed by atoms with Crippen LogP contribution in [0.4, 0.5) is 10.3 Å². The van der Waals surface area contributed by atoms with Crippen LogP contribution >= 0.6 is 0 Å². The third-order valence-electron chi connectivity index (χ3n) is 5.53. The summed E-state index contributed by atoms with van der Waals surface area (Å²) in [6.45, 7) is 1.47. The van der Waals surface area contributed by atoms with Gasteiger partial charge in [-0.25, -0.2) is 14.4 Å². The number of carbonyl (C=O) groups excluding carboxylic acids is 1. The Balaban J connectivity index is 1.44. The minimum atomic E-state index is -0.359. The molecule has 1 unspecified atom stereocenters. The molecule has 1 atom stereocenters. The summed E-state index contributed by atoms with van der Waals surface area (Å²) in [5.74, 6) is 0.840. The van der Waals surface area contributed by atoms with Crippen molar-refractivity contribution >= 4 is 11.9 Å². The molecule has 1 fully saturated rings. The maximum absolute atomic E-state index is 13.3. The van der Waals surface area contributed by atoms with E-state index >= 15 is 0 Å². The van der Waals surface area contributed by atoms with Gasteiger partial charge in [-0.2, -0.15) is 5.10 Å². The summed E-state index contributed by atoms with van der Waals surface area (Å²) in [6.07, 6.45) is 6.66. The molecule has 3 heterocycles. The zero-order valence-corrected chi connectivity index (χ0v) is 18.5. The van der Waals surface area contributed by atoms with Crippen LogP contribution in [0.2, 0.25) is 0 Å². The second-order valence-electron chi connectivity index (χ2n) is 8.15. The molecule has 0 radical (unpaired) electrons. The number of ether oxygens (including phenoxy) is 1. The van der Waals surface area contributed by atoms with Gasteiger partial charge in [-0.3, -0.25) is 9.48 Å². The molecule has 0 bridgehead atoms. The highest BCUT2D eigenvalue weighted by Gasteiger charge is 2.30. The van der Waals surface area contributed by atoms with Crippen LogP contribution in [0, 0.1) is 5.82 Å². The Morgan fingerprint density at radius 1 is 1.31 bits per heavy atom. The molecule has 1 saturated heterocycles. The molecular formula is C23H27FN6O2. The highest BCUT2D eigenvalue weighted by molar-refractivity contribution is 5.77. The van der Waals surface area contributed by atoms with Gasteiger partial charge in [0.1, 0.15) is 11.6 Å². The predicted octanol–water partition coefficient (Wildman–Crippen LogP) is 2.87. The number of hydrogen-bond donors (Lipinski definition) is 0. The first-order valence-corrected chi connectivity index (χ1v) is 10.6. The first-order valence-electron chi connectivity index (χ1n) is 10.6. The van der Waals surface area contributed by atoms with Crippen molar-refractivity contribution in [2.45, 2.75) is 18.8 Å². The van der Waals surface area contributed by atoms with Crippen molar-refractivity contribution in [2.75, 3.05) is 38.7 Å². The molecule has 3 aromatic rings. The van der Waals surface area contributed by atoms with E-state index < -0.39 is 0 Å². The fourth-order valence-electron chi connectivity index (χ4n) is 3.88. The lowest BCUT2D eigenvalue weighted by Crippen LogP contribution is -2.29. The fourth-order valence-corrected chi connectivity index (χ4v) is 3.88. The predicted molar refractivity (Wildman–Crippen MR) is 119 cm³/mol. The van der Waals surface area contributed by atoms with E-state index in [-0.39, 0.29) is 30.7 Å². The number of amides is 1. The highest BCUT2D eigenvalue weighted by Crippen LogP contribution is 2.34. The minimum absolute atomic E-state index is 0.0220. The summed E-state index contributed by atoms with van der Waals surface area (Å²) in [7, 11) is 5.69. The maximum Gasteiger partial charge on any atom is 0.226 e. The van der Waals surface area contributed by atoms with Gasteiger partial charge >= 0.3 is 0 Å². The smallest absolute Gasteiger partial charge is 0.226 e. The summed E-state index contributed by atoms with van der Waals surface area (Å²) < 4.78 is 20.5. The number of aromatic nitrogens is 4. The Labute approximate surface area is 186 Å². The number of halogens is 1. The fraction of sp³-hybridized carbons (Fsp3) is 0.391. The molecule has 32 heavy (non-hydrogen) atoms. The molecule has 1 aromatic carbocycles. The van der Waals surface area contributed by atoms with Crippen molar-refractivity contribution in [1.82, 2.24) is 24.6 Å². The van der Waals surface area contributed by atoms with E-state index in [1.165, 1.54) is 12.1 Å². The van der Waals surface area contributed by atoms with Crippen LogP contribution in [-0.4, -0.2) is 64.3 Å². The van der Waals surface area contributed by atoms with Gasteiger partial charge in [0, 0.05) is 69.7 Å². The molecule has 8 nitrogen and oxygen atoms in total. The average Bonchev–Trinajstić information content (AvgIpc) is 3.43. The summed E-state index contributed by atoms with van der Waals surface area (Å²) in [6, 6.07) is 5.93. The van der Waals surface area contributed by atoms with E-state index in [0.29, 0.717) is 24.8 Å². The largest absolute Gasteiger partial charge is 0.493 e. The molecule has 2 aromatic heterocycles. The molecule has 168 valence electrons. The van der Waals surface area contributed by atoms with Crippen LogP contribution in [-0.2, 0) is 11.8 Å². The Morgan fingerprint density at radius 3 is 2.88 bits per heavy atom. The number of nitrogens with zero attached hydrogens (tertiary/aromatic N) is 6. The van der Waals surface area contributed by atoms with E-state index in [1.54, 1.807) is 23.0 Å². The lowest BCUT2D eigenvalue weighted by Gasteiger charge is -2.19. The summed E-state index contributed by atoms with van der Waals surface area (Å²) in [5, 5.41) is 4.27. The van der Waals surface area contributed by atoms with E-state index in [2.05, 4.69) is 10.1 Å². The Morgan fingerprint density at radius 2 is 2.16 bits per heavy atom. The molecule has 0 aliphatic carbocycles. The first kappa shape index (κ1) is 21.7. The molecule has 0 spiro atoms. The second-order valence-corrected chi connectivity index (χ2v) is 8.15. The van der Waals surface area contributed by atoms with Gasteiger partial charge in [-0.1, -0.05) is 6.07 Å². The second kappa shape index (κ2) is 9.33. The quantitative estimate of drug-likeness (QED) is 0.565. The van der Waals surface area contributed by atoms with Crippen molar-refractivity contribution in [3.8, 4) is 16.9 Å². The van der Waals surface area contributed by atoms with Crippen molar-refractivity contribution in [3.63, 3.8) is 0 Å². The molecule has 1 amide bonds. The number of likely N-dealkylation sites (tertiary alicyclic amines) is 1. The summed E-state index contributed by atoms with van der Waals surface area (Å²) in [5.41, 5.74) is 2.83. The van der Waals surface area contributed by atoms with Crippen LogP contribution in [0.1, 0.15) is 24.5 Å². The zero-order chi connectivity index (χ0) is 22.7. The number of benzene rings is 1. The van der Waals surface area contributed by atoms with Crippen LogP contribution in [0.15, 0.2) is 42.9 Å². The molecule has 4 rings (SSSR count). The van der Waals surface area contributed by atoms with Gasteiger partial charge in [0.25, 0.3) is 0 Å². The number of aryl methyl sites for hydroxylation is 1. The molecule has 0 saturated carbocycles. The Kier molecular flexibility index (Phi) is 6.34. The molecule has 1 aliphatic heterocycles. The molecule has 0 N–H and O–H groups in total. The lowest BCUT2D eigenvalue weighted by molar-refractivity contribution is -0.130. The first-order chi connectivity index (χ1) is 15.4. The normalized spacial score (nSPS) is 15.8. The van der Waals surface area contributed by atoms with Gasteiger partial charge in [-0.15, -0.1) is 0 Å². The number of hydrogen-bond acceptors (Lipinski definition) is 6. The topological polar surface area (TPSA) is 76.4 Å². The standard InChI is InChI=1S/C23H27FN6O2/c1-28(2)23-25-13-20(17-12-26-29(3)14-17)22(27-23)16-7-9-30(15-16)21(31)8-10-32-19-6-4-5-18(24)11-19/h4-6,11-14,16H,7-10,15H2,1-3H3. The van der Waals surface area contributed by atoms with Gasteiger partial charge in [-0.05, 0) is 18.6 Å². The third kappa shape index (κ3) is 4.87. The van der Waals surface area contributed by atoms with Crippen LogP contribution in [0.5, 0.6) is 5.75 Å². The monoisotopic (exact) mass is 438 g/mol. The third-order valence-corrected chi connectivity index (χ3v) is 5.53. The minimum Gasteiger partial charge on any atom is -0.493 e. The van der Waals surface area contributed by atoms with Gasteiger partial charge in [0.05, 0.1) is 24.9 Å². The summed E-state index contributed by atoms with van der Waals surface area (Å²) in [4.78, 5) is 25.8. The van der Waals surface area contributed by atoms with E-state index in [1.807, 2.05) is 43.3 Å². The van der Waals surface area contributed by atoms with E-state index in [9.17, 15) is 9.18 Å². The average molecular weight is 439 g/mol. The van der Waals surface area contributed by atoms with E-state index in [4.69, 9.17) is 9.72 Å². The summed E-state index contributed by atoms with van der Waals surface area (Å²) >= 11 is 0. The van der Waals surface area contributed by atoms with Crippen LogP contribution < -0.4 is 9.64 Å². The van der Waals surface area contributed by atoms with E-state index in [0.717, 1.165) is 23.2 Å². The highest BCUT2D eigenvalue weighted by atomic mass is 19.1. The lowest BCUT2D eigenvalue weighted by atomic mass is 9.97. The van der Waals surface area contributed by atoms with Crippen molar-refractivity contribution in [2.24, 2.45) is 7.05 Å². The van der Waals surface area contributed by atoms with Crippen molar-refractivity contribution in [3.05, 3.63) is 54.4 Å². The Bertz CT molecular complexity index is 1100. The maximum atomic E-state index is 13.3. The number of rotatable bonds is 7. The van der Waals surface area contributed by atoms with Gasteiger partial charge in [0.15, 0.2) is 0 Å². The number of anilines is 1. The molecular weight excluding hydrogens is 411 g/mol. The number of carbonyl (C=O) groups is 1. The van der Waals surface area contributed by atoms with Crippen molar-refractivity contribution in [1.29, 1.82) is 0 Å². The zero-order valence-electron chi connectivity index (χ0n) is 18.5. The van der Waals surface area contributed by atoms with Crippen LogP contribution in [0.25, 0.3) is 11.1 Å². The van der Waals surface area contributed by atoms with Gasteiger partial charge in [0.2, 0.25) is 11.9 Å². The van der Waals surface area contributed by atoms with Crippen molar-refractivity contribution < 1.29 is 13.9 Å². The van der Waals surface area contributed by atoms with Gasteiger partial charge < -0.3 is 14.5 Å².